The van der Waals surface area contributed by atoms with Crippen molar-refractivity contribution < 1.29 is 0 Å². The monoisotopic (exact) mass is 252 g/mol. The Hall–Kier alpha value is 1.33. The van der Waals surface area contributed by atoms with E-state index in [0.29, 0.717) is 0 Å². The Kier molecular flexibility index (Phi) is 4.34. The highest BCUT2D eigenvalue weighted by Gasteiger charge is 2.21. The van der Waals surface area contributed by atoms with Crippen molar-refractivity contribution in [2.75, 3.05) is 0 Å². The minimum Gasteiger partial charge on any atom is -0.141 e. The first-order valence-electron chi connectivity index (χ1n) is 2.67. The van der Waals surface area contributed by atoms with Gasteiger partial charge in [-0.25, -0.2) is 0 Å². The molecule has 0 fully saturated rings. The van der Waals surface area contributed by atoms with Gasteiger partial charge in [0.2, 0.25) is 0 Å². The summed E-state index contributed by atoms with van der Waals surface area (Å²) in [5.41, 5.74) is 3.48. The van der Waals surface area contributed by atoms with Gasteiger partial charge in [0, 0.05) is 0 Å². The second-order valence-corrected chi connectivity index (χ2v) is 17.3. The Morgan fingerprint density at radius 2 is 1.00 bits per heavy atom. The van der Waals surface area contributed by atoms with Gasteiger partial charge in [-0.05, 0) is 13.1 Å². The van der Waals surface area contributed by atoms with E-state index in [4.69, 9.17) is 44.3 Å². The predicted octanol–water partition coefficient (Wildman–Crippen LogP) is 3.72. The Labute approximate surface area is 81.9 Å². The lowest BCUT2D eigenvalue weighted by Gasteiger charge is -2.05. The molecule has 60 valence electrons. The Morgan fingerprint density at radius 3 is 1.10 bits per heavy atom. The maximum absolute atomic E-state index is 5.76. The lowest BCUT2D eigenvalue weighted by Crippen LogP contribution is -2.14. The molecule has 0 amide bonds. The van der Waals surface area contributed by atoms with E-state index in [9.17, 15) is 0 Å². The maximum atomic E-state index is 5.76. The van der Waals surface area contributed by atoms with Gasteiger partial charge in [0.25, 0.3) is 13.4 Å². The summed E-state index contributed by atoms with van der Waals surface area (Å²) in [5, 5.41) is 0. The van der Waals surface area contributed by atoms with Crippen LogP contribution in [0.4, 0.5) is 0 Å². The van der Waals surface area contributed by atoms with Gasteiger partial charge in [-0.1, -0.05) is 11.4 Å². The van der Waals surface area contributed by atoms with Crippen LogP contribution in [0.25, 0.3) is 0 Å². The van der Waals surface area contributed by atoms with E-state index >= 15 is 0 Å². The molecule has 0 saturated carbocycles. The molecule has 10 heavy (non-hydrogen) atoms. The zero-order chi connectivity index (χ0) is 8.41. The van der Waals surface area contributed by atoms with Crippen LogP contribution in [-0.4, -0.2) is 13.4 Å². The molecule has 6 heteroatoms. The summed E-state index contributed by atoms with van der Waals surface area (Å²) >= 11 is 23.0. The smallest absolute Gasteiger partial charge is 0.141 e. The topological polar surface area (TPSA) is 0 Å². The third kappa shape index (κ3) is 9.33. The third-order valence-corrected chi connectivity index (χ3v) is 4.02. The van der Waals surface area contributed by atoms with Crippen molar-refractivity contribution in [3.63, 3.8) is 0 Å². The van der Waals surface area contributed by atoms with Crippen LogP contribution in [-0.2, 0) is 0 Å². The molecule has 0 unspecified atom stereocenters. The first kappa shape index (κ1) is 11.3. The lowest BCUT2D eigenvalue weighted by molar-refractivity contribution is 2.10. The minimum atomic E-state index is -2.14. The predicted molar refractivity (Wildman–Crippen MR) is 55.8 cm³/mol. The quantitative estimate of drug-likeness (QED) is 0.520. The second-order valence-electron chi connectivity index (χ2n) is 2.25. The molecule has 0 aliphatic heterocycles. The van der Waals surface area contributed by atoms with Crippen LogP contribution < -0.4 is 0 Å². The van der Waals surface area contributed by atoms with E-state index in [-0.39, 0.29) is 0 Å². The lowest BCUT2D eigenvalue weighted by atomic mass is 11.2. The number of halogens is 4. The molecule has 0 rings (SSSR count). The summed E-state index contributed by atoms with van der Waals surface area (Å²) in [6.45, 7) is -0.690. The Bertz CT molecular complexity index is 115. The van der Waals surface area contributed by atoms with Crippen molar-refractivity contribution >= 4 is 57.7 Å². The van der Waals surface area contributed by atoms with E-state index in [1.54, 1.807) is 24.5 Å². The van der Waals surface area contributed by atoms with Crippen molar-refractivity contribution in [2.24, 2.45) is 0 Å². The molecule has 0 radical (unpaired) electrons. The van der Waals surface area contributed by atoms with Gasteiger partial charge >= 0.3 is 0 Å². The van der Waals surface area contributed by atoms with E-state index in [2.05, 4.69) is 0 Å². The highest BCUT2D eigenvalue weighted by molar-refractivity contribution is 7.50. The van der Waals surface area contributed by atoms with Crippen LogP contribution in [0.1, 0.15) is 0 Å². The molecule has 0 heterocycles. The fourth-order valence-electron chi connectivity index (χ4n) is 0.293. The molecule has 0 bridgehead atoms. The third-order valence-electron chi connectivity index (χ3n) is 0.669. The molecule has 0 aromatic carbocycles. The maximum Gasteiger partial charge on any atom is 0.270 e. The normalized spacial score (nSPS) is 14.6. The largest absolute Gasteiger partial charge is 0.270 e. The zero-order valence-corrected chi connectivity index (χ0v) is 10.7. The zero-order valence-electron chi connectivity index (χ0n) is 5.67. The summed E-state index contributed by atoms with van der Waals surface area (Å²) < 4.78 is 0. The van der Waals surface area contributed by atoms with Crippen LogP contribution >= 0.6 is 44.3 Å². The van der Waals surface area contributed by atoms with Crippen LogP contribution in [0.5, 0.6) is 0 Å². The van der Waals surface area contributed by atoms with Gasteiger partial charge < -0.3 is 0 Å². The van der Waals surface area contributed by atoms with Crippen molar-refractivity contribution in [1.82, 2.24) is 0 Å². The second kappa shape index (κ2) is 3.83. The molecule has 0 atom stereocenters. The van der Waals surface area contributed by atoms with Crippen molar-refractivity contribution in [3.8, 4) is 0 Å². The number of hydrogen-bond donors (Lipinski definition) is 0. The Morgan fingerprint density at radius 1 is 0.800 bits per heavy atom. The molecule has 0 aromatic heterocycles. The summed E-state index contributed by atoms with van der Waals surface area (Å²) in [7, 11) is 0. The van der Waals surface area contributed by atoms with Crippen LogP contribution in [0, 0.1) is 0 Å². The van der Waals surface area contributed by atoms with Crippen molar-refractivity contribution in [3.05, 3.63) is 11.4 Å². The minimum absolute atomic E-state index is 1.74. The van der Waals surface area contributed by atoms with Crippen LogP contribution in [0.3, 0.4) is 0 Å². The van der Waals surface area contributed by atoms with Gasteiger partial charge in [0.15, 0.2) is 0 Å². The highest BCUT2D eigenvalue weighted by atomic mass is 35.7. The van der Waals surface area contributed by atoms with E-state index in [1.165, 1.54) is 0 Å². The molecule has 0 nitrogen and oxygen atoms in total. The highest BCUT2D eigenvalue weighted by Crippen LogP contribution is 2.20. The fraction of sp³-hybridized carbons (Fsp3) is 0.500. The fourth-order valence-corrected chi connectivity index (χ4v) is 4.90. The van der Waals surface area contributed by atoms with Gasteiger partial charge in [0.05, 0.1) is 0 Å². The summed E-state index contributed by atoms with van der Waals surface area (Å²) in [6, 6.07) is 0. The SMILES string of the molecule is C[Si](Cl)(Cl)/C=C/[Si](C)(Cl)Cl. The van der Waals surface area contributed by atoms with Gasteiger partial charge in [0.1, 0.15) is 0 Å². The molecular formula is C4H8Cl4Si2. The molecule has 0 N–H and O–H groups in total. The Balaban J connectivity index is 4.01. The average molecular weight is 254 g/mol. The van der Waals surface area contributed by atoms with E-state index in [1.807, 2.05) is 0 Å². The number of rotatable bonds is 2. The summed E-state index contributed by atoms with van der Waals surface area (Å²) in [6.07, 6.45) is 0. The standard InChI is InChI=1S/C4H8Cl4Si2/c1-9(5,6)3-4-10(2,7)8/h3-4H,1-2H3/b4-3+. The first-order chi connectivity index (χ1) is 4.21. The molecule has 0 aromatic rings. The summed E-state index contributed by atoms with van der Waals surface area (Å²) in [4.78, 5) is 0. The van der Waals surface area contributed by atoms with Crippen LogP contribution in [0.15, 0.2) is 11.4 Å². The molecule has 0 aliphatic carbocycles. The first-order valence-corrected chi connectivity index (χ1v) is 11.9. The van der Waals surface area contributed by atoms with Gasteiger partial charge in [-0.3, -0.25) is 0 Å². The summed E-state index contributed by atoms with van der Waals surface area (Å²) in [5.74, 6) is 0. The van der Waals surface area contributed by atoms with Gasteiger partial charge in [-0.2, -0.15) is 0 Å². The van der Waals surface area contributed by atoms with Crippen molar-refractivity contribution in [2.45, 2.75) is 13.1 Å². The van der Waals surface area contributed by atoms with E-state index < -0.39 is 13.4 Å². The van der Waals surface area contributed by atoms with Crippen LogP contribution in [0.2, 0.25) is 13.1 Å². The van der Waals surface area contributed by atoms with Crippen molar-refractivity contribution in [1.29, 1.82) is 0 Å². The molecule has 0 spiro atoms. The molecule has 0 saturated heterocycles. The molecular weight excluding hydrogens is 246 g/mol. The number of hydrogen-bond acceptors (Lipinski definition) is 0. The van der Waals surface area contributed by atoms with Gasteiger partial charge in [-0.15, -0.1) is 44.3 Å². The van der Waals surface area contributed by atoms with E-state index in [0.717, 1.165) is 0 Å². The molecule has 0 aliphatic rings. The average Bonchev–Trinajstić information content (AvgIpc) is 1.57.